The van der Waals surface area contributed by atoms with Gasteiger partial charge in [-0.2, -0.15) is 0 Å². The highest BCUT2D eigenvalue weighted by atomic mass is 35.5. The molecule has 4 atom stereocenters. The van der Waals surface area contributed by atoms with Crippen molar-refractivity contribution in [2.45, 2.75) is 30.1 Å². The van der Waals surface area contributed by atoms with Crippen molar-refractivity contribution < 1.29 is 20.1 Å². The molecule has 1 aliphatic heterocycles. The Morgan fingerprint density at radius 1 is 1.24 bits per heavy atom. The quantitative estimate of drug-likeness (QED) is 0.351. The van der Waals surface area contributed by atoms with Gasteiger partial charge in [-0.1, -0.05) is 23.2 Å². The number of hydrogen-bond acceptors (Lipinski definition) is 9. The molecule has 154 valence electrons. The van der Waals surface area contributed by atoms with Gasteiger partial charge in [-0.05, 0) is 23.8 Å². The molecule has 3 heterocycles. The van der Waals surface area contributed by atoms with Crippen molar-refractivity contribution in [1.29, 1.82) is 0 Å². The SMILES string of the molecule is Nc1ncnc2c1ncn2[C@]1(Cc2cc(Cl)ccc2Cl)O[C@H](CO)[C@@](N)(O)[C@H]1O. The Hall–Kier alpha value is -2.05. The third-order valence-corrected chi connectivity index (χ3v) is 5.72. The van der Waals surface area contributed by atoms with Crippen LogP contribution in [0.1, 0.15) is 5.56 Å². The summed E-state index contributed by atoms with van der Waals surface area (Å²) < 4.78 is 7.36. The van der Waals surface area contributed by atoms with Crippen LogP contribution in [0.2, 0.25) is 10.0 Å². The number of nitrogens with zero attached hydrogens (tertiary/aromatic N) is 4. The minimum atomic E-state index is -2.27. The molecule has 0 aliphatic carbocycles. The summed E-state index contributed by atoms with van der Waals surface area (Å²) in [5, 5.41) is 32.2. The van der Waals surface area contributed by atoms with Crippen LogP contribution >= 0.6 is 23.2 Å². The first-order chi connectivity index (χ1) is 13.7. The van der Waals surface area contributed by atoms with Crippen molar-refractivity contribution in [2.24, 2.45) is 5.73 Å². The molecule has 1 aliphatic rings. The molecule has 29 heavy (non-hydrogen) atoms. The lowest BCUT2D eigenvalue weighted by molar-refractivity contribution is -0.145. The van der Waals surface area contributed by atoms with Crippen LogP contribution in [0.4, 0.5) is 5.82 Å². The number of hydrogen-bond donors (Lipinski definition) is 5. The number of nitrogen functional groups attached to an aromatic ring is 1. The van der Waals surface area contributed by atoms with Crippen LogP contribution in [0.5, 0.6) is 0 Å². The van der Waals surface area contributed by atoms with Gasteiger partial charge >= 0.3 is 0 Å². The van der Waals surface area contributed by atoms with E-state index < -0.39 is 30.3 Å². The van der Waals surface area contributed by atoms with E-state index in [0.29, 0.717) is 15.6 Å². The second kappa shape index (κ2) is 7.03. The number of fused-ring (bicyclic) bond motifs is 1. The van der Waals surface area contributed by atoms with Gasteiger partial charge in [-0.3, -0.25) is 10.3 Å². The third kappa shape index (κ3) is 3.04. The maximum Gasteiger partial charge on any atom is 0.182 e. The van der Waals surface area contributed by atoms with Crippen LogP contribution in [-0.2, 0) is 16.9 Å². The average molecular weight is 441 g/mol. The first-order valence-corrected chi connectivity index (χ1v) is 9.32. The maximum absolute atomic E-state index is 11.1. The summed E-state index contributed by atoms with van der Waals surface area (Å²) in [6.45, 7) is -0.640. The van der Waals surface area contributed by atoms with Crippen molar-refractivity contribution in [3.63, 3.8) is 0 Å². The molecule has 10 nitrogen and oxygen atoms in total. The first-order valence-electron chi connectivity index (χ1n) is 8.56. The molecular weight excluding hydrogens is 423 g/mol. The summed E-state index contributed by atoms with van der Waals surface area (Å²) in [5.41, 5.74) is 8.82. The Bertz CT molecular complexity index is 1080. The van der Waals surface area contributed by atoms with Crippen LogP contribution < -0.4 is 11.5 Å². The number of aliphatic hydroxyl groups excluding tert-OH is 2. The summed E-state index contributed by atoms with van der Waals surface area (Å²) in [6, 6.07) is 4.81. The summed E-state index contributed by atoms with van der Waals surface area (Å²) in [7, 11) is 0. The fourth-order valence-electron chi connectivity index (χ4n) is 3.62. The van der Waals surface area contributed by atoms with Gasteiger partial charge in [0.2, 0.25) is 0 Å². The van der Waals surface area contributed by atoms with Crippen molar-refractivity contribution >= 4 is 40.2 Å². The fraction of sp³-hybridized carbons (Fsp3) is 0.353. The number of ether oxygens (including phenoxy) is 1. The molecule has 1 saturated heterocycles. The van der Waals surface area contributed by atoms with E-state index in [4.69, 9.17) is 39.4 Å². The zero-order chi connectivity index (χ0) is 21.0. The number of benzene rings is 1. The predicted molar refractivity (Wildman–Crippen MR) is 105 cm³/mol. The molecule has 0 saturated carbocycles. The lowest BCUT2D eigenvalue weighted by Crippen LogP contribution is -2.59. The Balaban J connectivity index is 1.95. The van der Waals surface area contributed by atoms with E-state index in [-0.39, 0.29) is 23.4 Å². The minimum Gasteiger partial charge on any atom is -0.393 e. The van der Waals surface area contributed by atoms with E-state index in [9.17, 15) is 15.3 Å². The Labute approximate surface area is 174 Å². The number of halogens is 2. The van der Waals surface area contributed by atoms with Gasteiger partial charge < -0.3 is 25.8 Å². The number of imidazole rings is 1. The van der Waals surface area contributed by atoms with Gasteiger partial charge in [0.05, 0.1) is 12.9 Å². The number of nitrogens with two attached hydrogens (primary N) is 2. The number of aromatic nitrogens is 4. The summed E-state index contributed by atoms with van der Waals surface area (Å²) in [4.78, 5) is 12.3. The van der Waals surface area contributed by atoms with E-state index in [0.717, 1.165) is 0 Å². The van der Waals surface area contributed by atoms with Crippen LogP contribution in [-0.4, -0.2) is 59.4 Å². The molecule has 0 bridgehead atoms. The maximum atomic E-state index is 11.1. The van der Waals surface area contributed by atoms with Crippen LogP contribution in [0.15, 0.2) is 30.9 Å². The van der Waals surface area contributed by atoms with Gasteiger partial charge in [0, 0.05) is 16.5 Å². The normalized spacial score (nSPS) is 29.6. The zero-order valence-corrected chi connectivity index (χ0v) is 16.4. The van der Waals surface area contributed by atoms with Crippen LogP contribution in [0.3, 0.4) is 0 Å². The first kappa shape index (κ1) is 20.2. The van der Waals surface area contributed by atoms with Crippen LogP contribution in [0, 0.1) is 0 Å². The Kier molecular flexibility index (Phi) is 4.90. The lowest BCUT2D eigenvalue weighted by Gasteiger charge is -2.35. The van der Waals surface area contributed by atoms with Gasteiger partial charge in [-0.25, -0.2) is 15.0 Å². The van der Waals surface area contributed by atoms with E-state index >= 15 is 0 Å². The van der Waals surface area contributed by atoms with Crippen molar-refractivity contribution in [2.75, 3.05) is 12.3 Å². The number of anilines is 1. The number of aliphatic hydroxyl groups is 3. The molecule has 12 heteroatoms. The van der Waals surface area contributed by atoms with E-state index in [1.807, 2.05) is 0 Å². The third-order valence-electron chi connectivity index (χ3n) is 5.11. The van der Waals surface area contributed by atoms with Crippen molar-refractivity contribution in [3.8, 4) is 0 Å². The van der Waals surface area contributed by atoms with E-state index in [1.54, 1.807) is 18.2 Å². The molecule has 0 amide bonds. The fourth-order valence-corrected chi connectivity index (χ4v) is 4.00. The topological polar surface area (TPSA) is 166 Å². The molecule has 1 aromatic carbocycles. The molecule has 2 aromatic heterocycles. The van der Waals surface area contributed by atoms with Gasteiger partial charge in [0.15, 0.2) is 22.9 Å². The van der Waals surface area contributed by atoms with Gasteiger partial charge in [0.1, 0.15) is 24.1 Å². The smallest absolute Gasteiger partial charge is 0.182 e. The molecule has 0 spiro atoms. The standard InChI is InChI=1S/C17H18Cl2N6O4/c18-9-1-2-10(19)8(3-9)4-16(15(27)17(21,28)11(5-26)29-16)25-7-24-12-13(20)22-6-23-14(12)25/h1-3,6-7,11,15,26-28H,4-5,21H2,(H2,20,22,23)/t11-,15+,16-,17-/m1/s1. The molecule has 1 fully saturated rings. The lowest BCUT2D eigenvalue weighted by atomic mass is 9.91. The van der Waals surface area contributed by atoms with E-state index in [1.165, 1.54) is 17.2 Å². The molecule has 4 rings (SSSR count). The summed E-state index contributed by atoms with van der Waals surface area (Å²) >= 11 is 12.4. The second-order valence-electron chi connectivity index (χ2n) is 6.88. The summed E-state index contributed by atoms with van der Waals surface area (Å²) in [6.07, 6.45) is -0.496. The van der Waals surface area contributed by atoms with Crippen molar-refractivity contribution in [1.82, 2.24) is 19.5 Å². The highest BCUT2D eigenvalue weighted by molar-refractivity contribution is 6.33. The molecule has 0 unspecified atom stereocenters. The Morgan fingerprint density at radius 2 is 2.00 bits per heavy atom. The second-order valence-corrected chi connectivity index (χ2v) is 7.73. The molecular formula is C17H18Cl2N6O4. The average Bonchev–Trinajstić information content (AvgIpc) is 3.20. The molecule has 7 N–H and O–H groups in total. The molecule has 0 radical (unpaired) electrons. The highest BCUT2D eigenvalue weighted by Gasteiger charge is 2.63. The highest BCUT2D eigenvalue weighted by Crippen LogP contribution is 2.44. The monoisotopic (exact) mass is 440 g/mol. The van der Waals surface area contributed by atoms with Gasteiger partial charge in [-0.15, -0.1) is 0 Å². The van der Waals surface area contributed by atoms with Crippen molar-refractivity contribution in [3.05, 3.63) is 46.5 Å². The predicted octanol–water partition coefficient (Wildman–Crippen LogP) is 0.0101. The number of rotatable bonds is 4. The van der Waals surface area contributed by atoms with E-state index in [2.05, 4.69) is 15.0 Å². The summed E-state index contributed by atoms with van der Waals surface area (Å²) in [5.74, 6) is 0.124. The van der Waals surface area contributed by atoms with Gasteiger partial charge in [0.25, 0.3) is 0 Å². The van der Waals surface area contributed by atoms with Crippen LogP contribution in [0.25, 0.3) is 11.2 Å². The minimum absolute atomic E-state index is 0.0705. The zero-order valence-electron chi connectivity index (χ0n) is 14.9. The Morgan fingerprint density at radius 3 is 2.69 bits per heavy atom. The largest absolute Gasteiger partial charge is 0.393 e. The molecule has 3 aromatic rings.